The second-order valence-electron chi connectivity index (χ2n) is 1.92. The number of rotatable bonds is 1. The van der Waals surface area contributed by atoms with Gasteiger partial charge in [-0.15, -0.1) is 0 Å². The first-order valence-corrected chi connectivity index (χ1v) is 2.86. The highest BCUT2D eigenvalue weighted by Gasteiger charge is 2.03. The van der Waals surface area contributed by atoms with Crippen molar-refractivity contribution >= 4 is 6.21 Å². The Balaban J connectivity index is 2.48. The van der Waals surface area contributed by atoms with E-state index < -0.39 is 0 Å². The van der Waals surface area contributed by atoms with E-state index in [2.05, 4.69) is 10.3 Å². The van der Waals surface area contributed by atoms with Crippen LogP contribution >= 0.6 is 0 Å². The Morgan fingerprint density at radius 2 is 2.56 bits per heavy atom. The summed E-state index contributed by atoms with van der Waals surface area (Å²) >= 11 is 0. The fourth-order valence-electron chi connectivity index (χ4n) is 0.563. The number of nitrogens with one attached hydrogen (secondary N) is 1. The Morgan fingerprint density at radius 1 is 1.78 bits per heavy atom. The van der Waals surface area contributed by atoms with E-state index in [4.69, 9.17) is 5.73 Å². The van der Waals surface area contributed by atoms with Crippen molar-refractivity contribution in [2.24, 2.45) is 10.7 Å². The molecule has 0 saturated heterocycles. The van der Waals surface area contributed by atoms with Crippen molar-refractivity contribution in [3.63, 3.8) is 0 Å². The third kappa shape index (κ3) is 1.54. The van der Waals surface area contributed by atoms with Gasteiger partial charge in [-0.05, 0) is 6.92 Å². The van der Waals surface area contributed by atoms with E-state index in [0.717, 1.165) is 11.7 Å². The average Bonchev–Trinajstić information content (AvgIpc) is 1.90. The minimum absolute atomic E-state index is 0.521. The number of allylic oxidation sites excluding steroid dienone is 1. The van der Waals surface area contributed by atoms with Crippen LogP contribution < -0.4 is 11.1 Å². The van der Waals surface area contributed by atoms with Gasteiger partial charge in [-0.2, -0.15) is 0 Å². The van der Waals surface area contributed by atoms with Crippen LogP contribution in [0.15, 0.2) is 16.9 Å². The number of aliphatic imine (C=N–C) groups is 1. The van der Waals surface area contributed by atoms with E-state index >= 15 is 0 Å². The summed E-state index contributed by atoms with van der Waals surface area (Å²) in [5.74, 6) is 0. The summed E-state index contributed by atoms with van der Waals surface area (Å²) < 4.78 is 0. The molecule has 0 bridgehead atoms. The SMILES string of the molecule is CC1=CN[C](CN)C=N1. The van der Waals surface area contributed by atoms with Crippen molar-refractivity contribution in [2.75, 3.05) is 6.54 Å². The zero-order valence-electron chi connectivity index (χ0n) is 5.39. The lowest BCUT2D eigenvalue weighted by atomic mass is 10.3. The van der Waals surface area contributed by atoms with Gasteiger partial charge in [0.15, 0.2) is 0 Å². The standard InChI is InChI=1S/C6H10N3/c1-5-3-9-6(2-7)4-8-5/h3-4,9H,2,7H2,1H3. The molecule has 1 radical (unpaired) electrons. The monoisotopic (exact) mass is 124 g/mol. The van der Waals surface area contributed by atoms with Crippen LogP contribution in [0.3, 0.4) is 0 Å². The van der Waals surface area contributed by atoms with Crippen molar-refractivity contribution in [3.8, 4) is 0 Å². The Bertz CT molecular complexity index is 148. The third-order valence-electron chi connectivity index (χ3n) is 1.11. The Kier molecular flexibility index (Phi) is 1.85. The molecule has 1 aliphatic rings. The second-order valence-corrected chi connectivity index (χ2v) is 1.92. The molecule has 0 aliphatic carbocycles. The highest BCUT2D eigenvalue weighted by Crippen LogP contribution is 2.00. The van der Waals surface area contributed by atoms with Gasteiger partial charge in [0, 0.05) is 19.0 Å². The molecule has 9 heavy (non-hydrogen) atoms. The number of hydrogen-bond donors (Lipinski definition) is 2. The van der Waals surface area contributed by atoms with Gasteiger partial charge in [0.25, 0.3) is 0 Å². The van der Waals surface area contributed by atoms with Gasteiger partial charge in [-0.25, -0.2) is 0 Å². The maximum atomic E-state index is 5.33. The molecule has 49 valence electrons. The second kappa shape index (κ2) is 2.64. The van der Waals surface area contributed by atoms with Crippen LogP contribution in [0.2, 0.25) is 0 Å². The van der Waals surface area contributed by atoms with Gasteiger partial charge in [0.1, 0.15) is 6.04 Å². The minimum Gasteiger partial charge on any atom is -0.376 e. The van der Waals surface area contributed by atoms with Crippen LogP contribution in [0.5, 0.6) is 0 Å². The quantitative estimate of drug-likeness (QED) is 0.517. The van der Waals surface area contributed by atoms with Crippen molar-refractivity contribution in [1.29, 1.82) is 0 Å². The fourth-order valence-corrected chi connectivity index (χ4v) is 0.563. The molecular weight excluding hydrogens is 114 g/mol. The van der Waals surface area contributed by atoms with E-state index in [1.165, 1.54) is 0 Å². The molecule has 1 aliphatic heterocycles. The van der Waals surface area contributed by atoms with Crippen LogP contribution in [0.25, 0.3) is 0 Å². The number of nitrogens with zero attached hydrogens (tertiary/aromatic N) is 1. The molecule has 0 aromatic carbocycles. The average molecular weight is 124 g/mol. The van der Waals surface area contributed by atoms with Crippen LogP contribution in [-0.4, -0.2) is 12.8 Å². The van der Waals surface area contributed by atoms with Gasteiger partial charge >= 0.3 is 0 Å². The molecule has 0 unspecified atom stereocenters. The van der Waals surface area contributed by atoms with Crippen molar-refractivity contribution in [2.45, 2.75) is 6.92 Å². The van der Waals surface area contributed by atoms with Crippen molar-refractivity contribution in [1.82, 2.24) is 5.32 Å². The molecule has 3 N–H and O–H groups in total. The highest BCUT2D eigenvalue weighted by atomic mass is 15.0. The largest absolute Gasteiger partial charge is 0.376 e. The van der Waals surface area contributed by atoms with Crippen molar-refractivity contribution < 1.29 is 0 Å². The summed E-state index contributed by atoms with van der Waals surface area (Å²) in [4.78, 5) is 4.04. The molecule has 0 aromatic heterocycles. The zero-order chi connectivity index (χ0) is 6.69. The number of hydrogen-bond acceptors (Lipinski definition) is 3. The molecule has 0 saturated carbocycles. The predicted octanol–water partition coefficient (Wildman–Crippen LogP) is 0.0124. The first-order valence-electron chi connectivity index (χ1n) is 2.86. The lowest BCUT2D eigenvalue weighted by molar-refractivity contribution is 0.874. The Labute approximate surface area is 54.7 Å². The third-order valence-corrected chi connectivity index (χ3v) is 1.11. The first kappa shape index (κ1) is 6.29. The summed E-state index contributed by atoms with van der Waals surface area (Å²) in [6.45, 7) is 2.45. The van der Waals surface area contributed by atoms with Crippen LogP contribution in [0.1, 0.15) is 6.92 Å². The number of nitrogens with two attached hydrogens (primary N) is 1. The lowest BCUT2D eigenvalue weighted by Crippen LogP contribution is -2.27. The summed E-state index contributed by atoms with van der Waals surface area (Å²) in [6.07, 6.45) is 3.58. The molecule has 0 atom stereocenters. The van der Waals surface area contributed by atoms with Crippen LogP contribution in [0.4, 0.5) is 0 Å². The molecule has 0 spiro atoms. The Hall–Kier alpha value is -0.830. The molecule has 0 fully saturated rings. The molecule has 1 rings (SSSR count). The minimum atomic E-state index is 0.521. The highest BCUT2D eigenvalue weighted by molar-refractivity contribution is 5.76. The normalized spacial score (nSPS) is 19.1. The van der Waals surface area contributed by atoms with Gasteiger partial charge in [-0.1, -0.05) is 0 Å². The van der Waals surface area contributed by atoms with Gasteiger partial charge in [-0.3, -0.25) is 4.99 Å². The lowest BCUT2D eigenvalue weighted by Gasteiger charge is -2.12. The first-order chi connectivity index (χ1) is 4.33. The molecular formula is C6H10N3. The predicted molar refractivity (Wildman–Crippen MR) is 37.7 cm³/mol. The summed E-state index contributed by atoms with van der Waals surface area (Å²) in [6, 6.07) is 0.959. The molecule has 1 heterocycles. The maximum Gasteiger partial charge on any atom is 0.114 e. The maximum absolute atomic E-state index is 5.33. The molecule has 0 amide bonds. The van der Waals surface area contributed by atoms with E-state index in [1.807, 2.05) is 13.1 Å². The van der Waals surface area contributed by atoms with Gasteiger partial charge in [0.05, 0.1) is 5.70 Å². The van der Waals surface area contributed by atoms with E-state index in [1.54, 1.807) is 6.21 Å². The van der Waals surface area contributed by atoms with Gasteiger partial charge < -0.3 is 11.1 Å². The smallest absolute Gasteiger partial charge is 0.114 e. The fraction of sp³-hybridized carbons (Fsp3) is 0.333. The summed E-state index contributed by atoms with van der Waals surface area (Å²) in [7, 11) is 0. The summed E-state index contributed by atoms with van der Waals surface area (Å²) in [5, 5.41) is 3.00. The summed E-state index contributed by atoms with van der Waals surface area (Å²) in [5.41, 5.74) is 6.31. The van der Waals surface area contributed by atoms with E-state index in [0.29, 0.717) is 6.54 Å². The van der Waals surface area contributed by atoms with Crippen LogP contribution in [0, 0.1) is 6.04 Å². The van der Waals surface area contributed by atoms with Gasteiger partial charge in [0.2, 0.25) is 0 Å². The van der Waals surface area contributed by atoms with Crippen LogP contribution in [-0.2, 0) is 0 Å². The molecule has 3 nitrogen and oxygen atoms in total. The van der Waals surface area contributed by atoms with E-state index in [9.17, 15) is 0 Å². The molecule has 0 aromatic rings. The topological polar surface area (TPSA) is 50.4 Å². The zero-order valence-corrected chi connectivity index (χ0v) is 5.39. The Morgan fingerprint density at radius 3 is 3.00 bits per heavy atom. The molecule has 3 heteroatoms. The van der Waals surface area contributed by atoms with Crippen molar-refractivity contribution in [3.05, 3.63) is 17.9 Å². The van der Waals surface area contributed by atoms with E-state index in [-0.39, 0.29) is 0 Å².